The zero-order chi connectivity index (χ0) is 15.7. The van der Waals surface area contributed by atoms with Gasteiger partial charge < -0.3 is 5.73 Å². The first kappa shape index (κ1) is 14.2. The van der Waals surface area contributed by atoms with E-state index in [0.717, 1.165) is 11.3 Å². The molecule has 0 amide bonds. The van der Waals surface area contributed by atoms with Crippen molar-refractivity contribution in [3.05, 3.63) is 64.2 Å². The molecule has 22 heavy (non-hydrogen) atoms. The van der Waals surface area contributed by atoms with Crippen LogP contribution in [0.15, 0.2) is 42.6 Å². The molecule has 2 N–H and O–H groups in total. The summed E-state index contributed by atoms with van der Waals surface area (Å²) in [7, 11) is 0. The molecule has 3 aromatic rings. The van der Waals surface area contributed by atoms with Gasteiger partial charge in [-0.1, -0.05) is 0 Å². The molecule has 112 valence electrons. The molecule has 7 heteroatoms. The van der Waals surface area contributed by atoms with Crippen molar-refractivity contribution in [1.82, 2.24) is 9.38 Å². The fourth-order valence-electron chi connectivity index (χ4n) is 2.41. The topological polar surface area (TPSA) is 86.5 Å². The van der Waals surface area contributed by atoms with E-state index in [1.54, 1.807) is 22.6 Å². The summed E-state index contributed by atoms with van der Waals surface area (Å²) in [4.78, 5) is 15.0. The number of imidazole rings is 1. The zero-order valence-electron chi connectivity index (χ0n) is 11.6. The summed E-state index contributed by atoms with van der Waals surface area (Å²) in [5.74, 6) is -0.344. The van der Waals surface area contributed by atoms with Gasteiger partial charge in [0.15, 0.2) is 0 Å². The number of nitrogens with zero attached hydrogens (tertiary/aromatic N) is 3. The fourth-order valence-corrected chi connectivity index (χ4v) is 2.41. The van der Waals surface area contributed by atoms with E-state index in [9.17, 15) is 14.5 Å². The molecule has 0 aliphatic heterocycles. The highest BCUT2D eigenvalue weighted by molar-refractivity contribution is 5.68. The predicted octanol–water partition coefficient (Wildman–Crippen LogP) is 2.55. The van der Waals surface area contributed by atoms with Crippen LogP contribution >= 0.6 is 0 Å². The maximum Gasteiger partial charge on any atom is 0.286 e. The van der Waals surface area contributed by atoms with Gasteiger partial charge in [-0.2, -0.15) is 0 Å². The molecule has 0 saturated heterocycles. The Hall–Kier alpha value is -2.80. The summed E-state index contributed by atoms with van der Waals surface area (Å²) in [5.41, 5.74) is 8.33. The minimum atomic E-state index is -0.462. The molecule has 3 rings (SSSR count). The number of nitro groups is 1. The van der Waals surface area contributed by atoms with E-state index < -0.39 is 4.92 Å². The molecule has 0 fully saturated rings. The molecule has 0 atom stereocenters. The number of pyridine rings is 1. The molecule has 0 radical (unpaired) electrons. The molecule has 0 aliphatic rings. The first-order chi connectivity index (χ1) is 10.6. The van der Waals surface area contributed by atoms with E-state index in [2.05, 4.69) is 4.98 Å². The summed E-state index contributed by atoms with van der Waals surface area (Å²) in [6.45, 7) is 0.403. The minimum Gasteiger partial charge on any atom is -0.330 e. The van der Waals surface area contributed by atoms with Gasteiger partial charge in [-0.3, -0.25) is 14.5 Å². The number of rotatable bonds is 4. The fraction of sp³-hybridized carbons (Fsp3) is 0.133. The van der Waals surface area contributed by atoms with Crippen molar-refractivity contribution in [1.29, 1.82) is 0 Å². The Morgan fingerprint density at radius 1 is 1.23 bits per heavy atom. The van der Waals surface area contributed by atoms with E-state index in [-0.39, 0.29) is 11.5 Å². The highest BCUT2D eigenvalue weighted by Gasteiger charge is 2.16. The molecule has 0 unspecified atom stereocenters. The van der Waals surface area contributed by atoms with Crippen molar-refractivity contribution in [2.45, 2.75) is 6.42 Å². The summed E-state index contributed by atoms with van der Waals surface area (Å²) >= 11 is 0. The molecule has 2 heterocycles. The molecule has 0 spiro atoms. The summed E-state index contributed by atoms with van der Waals surface area (Å²) in [6, 6.07) is 8.93. The van der Waals surface area contributed by atoms with E-state index in [1.165, 1.54) is 24.4 Å². The molecule has 6 nitrogen and oxygen atoms in total. The molecular formula is C15H13FN4O2. The normalized spacial score (nSPS) is 11.0. The van der Waals surface area contributed by atoms with Crippen molar-refractivity contribution in [2.75, 3.05) is 6.54 Å². The summed E-state index contributed by atoms with van der Waals surface area (Å²) in [6.07, 6.45) is 1.95. The van der Waals surface area contributed by atoms with Crippen LogP contribution in [-0.2, 0) is 6.42 Å². The average Bonchev–Trinajstić information content (AvgIpc) is 2.85. The second-order valence-electron chi connectivity index (χ2n) is 4.83. The van der Waals surface area contributed by atoms with Crippen LogP contribution in [0.25, 0.3) is 16.9 Å². The van der Waals surface area contributed by atoms with Gasteiger partial charge in [0.2, 0.25) is 0 Å². The smallest absolute Gasteiger partial charge is 0.286 e. The number of halogens is 1. The Kier molecular flexibility index (Phi) is 3.56. The highest BCUT2D eigenvalue weighted by atomic mass is 19.1. The number of fused-ring (bicyclic) bond motifs is 1. The molecule has 0 aliphatic carbocycles. The Bertz CT molecular complexity index is 843. The van der Waals surface area contributed by atoms with Gasteiger partial charge in [-0.25, -0.2) is 9.37 Å². The molecule has 0 bridgehead atoms. The maximum atomic E-state index is 13.1. The number of aromatic nitrogens is 2. The second kappa shape index (κ2) is 5.53. The van der Waals surface area contributed by atoms with Crippen molar-refractivity contribution < 1.29 is 9.31 Å². The lowest BCUT2D eigenvalue weighted by atomic mass is 10.1. The SMILES string of the molecule is NCCc1nc2ccc([N+](=O)[O-])cn2c1-c1ccc(F)cc1. The van der Waals surface area contributed by atoms with Gasteiger partial charge in [0.25, 0.3) is 5.69 Å². The Morgan fingerprint density at radius 2 is 1.95 bits per heavy atom. The lowest BCUT2D eigenvalue weighted by Gasteiger charge is -2.05. The molecule has 2 aromatic heterocycles. The van der Waals surface area contributed by atoms with E-state index >= 15 is 0 Å². The lowest BCUT2D eigenvalue weighted by molar-refractivity contribution is -0.385. The van der Waals surface area contributed by atoms with Crippen molar-refractivity contribution in [2.24, 2.45) is 5.73 Å². The van der Waals surface area contributed by atoms with Crippen LogP contribution in [0.4, 0.5) is 10.1 Å². The van der Waals surface area contributed by atoms with Crippen LogP contribution in [-0.4, -0.2) is 20.9 Å². The Labute approximate surface area is 125 Å². The van der Waals surface area contributed by atoms with Crippen LogP contribution in [0, 0.1) is 15.9 Å². The monoisotopic (exact) mass is 300 g/mol. The van der Waals surface area contributed by atoms with Gasteiger partial charge in [0.1, 0.15) is 11.5 Å². The molecule has 1 aromatic carbocycles. The number of benzene rings is 1. The maximum absolute atomic E-state index is 13.1. The van der Waals surface area contributed by atoms with Crippen molar-refractivity contribution in [3.8, 4) is 11.3 Å². The second-order valence-corrected chi connectivity index (χ2v) is 4.83. The van der Waals surface area contributed by atoms with Crippen LogP contribution < -0.4 is 5.73 Å². The van der Waals surface area contributed by atoms with E-state index in [0.29, 0.717) is 24.3 Å². The predicted molar refractivity (Wildman–Crippen MR) is 80.0 cm³/mol. The Morgan fingerprint density at radius 3 is 2.59 bits per heavy atom. The van der Waals surface area contributed by atoms with Crippen LogP contribution in [0.1, 0.15) is 5.69 Å². The standard InChI is InChI=1S/C15H13FN4O2/c16-11-3-1-10(2-4-11)15-13(7-8-17)18-14-6-5-12(20(21)22)9-19(14)15/h1-6,9H,7-8,17H2. The largest absolute Gasteiger partial charge is 0.330 e. The number of hydrogen-bond donors (Lipinski definition) is 1. The highest BCUT2D eigenvalue weighted by Crippen LogP contribution is 2.27. The van der Waals surface area contributed by atoms with Crippen LogP contribution in [0.3, 0.4) is 0 Å². The van der Waals surface area contributed by atoms with Gasteiger partial charge in [0.05, 0.1) is 22.5 Å². The summed E-state index contributed by atoms with van der Waals surface area (Å²) in [5, 5.41) is 11.0. The van der Waals surface area contributed by atoms with Gasteiger partial charge in [-0.15, -0.1) is 0 Å². The number of nitrogens with two attached hydrogens (primary N) is 1. The first-order valence-corrected chi connectivity index (χ1v) is 6.71. The third-order valence-electron chi connectivity index (χ3n) is 3.38. The summed E-state index contributed by atoms with van der Waals surface area (Å²) < 4.78 is 14.8. The van der Waals surface area contributed by atoms with Crippen molar-refractivity contribution >= 4 is 11.3 Å². The third kappa shape index (κ3) is 2.42. The molecular weight excluding hydrogens is 287 g/mol. The van der Waals surface area contributed by atoms with Crippen LogP contribution in [0.5, 0.6) is 0 Å². The zero-order valence-corrected chi connectivity index (χ0v) is 11.6. The van der Waals surface area contributed by atoms with Crippen molar-refractivity contribution in [3.63, 3.8) is 0 Å². The lowest BCUT2D eigenvalue weighted by Crippen LogP contribution is -2.04. The molecule has 0 saturated carbocycles. The van der Waals surface area contributed by atoms with Gasteiger partial charge >= 0.3 is 0 Å². The third-order valence-corrected chi connectivity index (χ3v) is 3.38. The first-order valence-electron chi connectivity index (χ1n) is 6.71. The van der Waals surface area contributed by atoms with Gasteiger partial charge in [-0.05, 0) is 36.9 Å². The Balaban J connectivity index is 2.27. The minimum absolute atomic E-state index is 0.0347. The van der Waals surface area contributed by atoms with E-state index in [4.69, 9.17) is 5.73 Å². The quantitative estimate of drug-likeness (QED) is 0.592. The van der Waals surface area contributed by atoms with E-state index in [1.807, 2.05) is 0 Å². The average molecular weight is 300 g/mol. The van der Waals surface area contributed by atoms with Gasteiger partial charge in [0, 0.05) is 18.1 Å². The van der Waals surface area contributed by atoms with Crippen LogP contribution in [0.2, 0.25) is 0 Å². The number of hydrogen-bond acceptors (Lipinski definition) is 4.